The Hall–Kier alpha value is -2.48. The Kier molecular flexibility index (Phi) is 5.79. The van der Waals surface area contributed by atoms with E-state index in [1.54, 1.807) is 0 Å². The van der Waals surface area contributed by atoms with E-state index in [2.05, 4.69) is 36.6 Å². The molecule has 2 spiro atoms. The molecular formula is C31H33BCl2N2O4. The van der Waals surface area contributed by atoms with Gasteiger partial charge in [-0.2, -0.15) is 0 Å². The second-order valence-corrected chi connectivity index (χ2v) is 13.7. The van der Waals surface area contributed by atoms with Crippen LogP contribution in [0.3, 0.4) is 0 Å². The summed E-state index contributed by atoms with van der Waals surface area (Å²) >= 11 is 13.1. The maximum Gasteiger partial charge on any atom is 0.238 e. The highest BCUT2D eigenvalue weighted by Crippen LogP contribution is 2.85. The number of nitrogens with one attached hydrogen (secondary N) is 2. The van der Waals surface area contributed by atoms with Gasteiger partial charge in [-0.15, -0.1) is 0 Å². The van der Waals surface area contributed by atoms with Crippen molar-refractivity contribution in [3.8, 4) is 5.75 Å². The van der Waals surface area contributed by atoms with E-state index in [-0.39, 0.29) is 35.0 Å². The minimum absolute atomic E-state index is 0.0215. The SMILES string of the molecule is Bc1ccc(OCC2(CC)COC2)c([C@H]2NC(=O)CC3(C4CC=C(Cl)C[C@]43C)[C@]23C(=O)Nc2cc(Cl)ccc23)c1. The van der Waals surface area contributed by atoms with E-state index in [9.17, 15) is 9.59 Å². The van der Waals surface area contributed by atoms with Crippen LogP contribution in [0.25, 0.3) is 0 Å². The van der Waals surface area contributed by atoms with Crippen LogP contribution in [0, 0.1) is 22.2 Å². The molecule has 2 aliphatic carbocycles. The van der Waals surface area contributed by atoms with Crippen LogP contribution < -0.4 is 20.8 Å². The third kappa shape index (κ3) is 3.29. The number of amides is 2. The van der Waals surface area contributed by atoms with Gasteiger partial charge in [0.25, 0.3) is 0 Å². The van der Waals surface area contributed by atoms with Gasteiger partial charge in [0, 0.05) is 33.1 Å². The number of fused-ring (bicyclic) bond motifs is 6. The molecule has 0 bridgehead atoms. The predicted octanol–water partition coefficient (Wildman–Crippen LogP) is 4.39. The van der Waals surface area contributed by atoms with E-state index in [1.807, 2.05) is 38.2 Å². The van der Waals surface area contributed by atoms with Crippen LogP contribution in [0.2, 0.25) is 5.02 Å². The lowest BCUT2D eigenvalue weighted by Gasteiger charge is -2.49. The molecule has 40 heavy (non-hydrogen) atoms. The molecule has 1 saturated carbocycles. The fourth-order valence-electron chi connectivity index (χ4n) is 8.68. The van der Waals surface area contributed by atoms with Gasteiger partial charge in [-0.05, 0) is 54.4 Å². The van der Waals surface area contributed by atoms with Crippen LogP contribution in [-0.4, -0.2) is 39.5 Å². The van der Waals surface area contributed by atoms with E-state index in [1.165, 1.54) is 0 Å². The highest BCUT2D eigenvalue weighted by atomic mass is 35.5. The van der Waals surface area contributed by atoms with Gasteiger partial charge in [-0.1, -0.05) is 66.8 Å². The van der Waals surface area contributed by atoms with Crippen molar-refractivity contribution in [2.24, 2.45) is 22.2 Å². The average Bonchev–Trinajstić information content (AvgIpc) is 3.25. The summed E-state index contributed by atoms with van der Waals surface area (Å²) in [5.74, 6) is 0.661. The van der Waals surface area contributed by atoms with Crippen molar-refractivity contribution in [1.82, 2.24) is 5.32 Å². The molecule has 5 aliphatic rings. The van der Waals surface area contributed by atoms with Crippen LogP contribution in [0.4, 0.5) is 5.69 Å². The summed E-state index contributed by atoms with van der Waals surface area (Å²) < 4.78 is 12.1. The molecule has 7 rings (SSSR count). The number of hydrogen-bond acceptors (Lipinski definition) is 4. The van der Waals surface area contributed by atoms with Crippen molar-refractivity contribution in [1.29, 1.82) is 0 Å². The first kappa shape index (κ1) is 26.4. The number of anilines is 1. The Labute approximate surface area is 245 Å². The molecule has 2 aromatic carbocycles. The monoisotopic (exact) mass is 578 g/mol. The largest absolute Gasteiger partial charge is 0.492 e. The lowest BCUT2D eigenvalue weighted by molar-refractivity contribution is -0.137. The number of carbonyl (C=O) groups excluding carboxylic acids is 2. The Morgan fingerprint density at radius 1 is 1.12 bits per heavy atom. The second kappa shape index (κ2) is 8.76. The minimum Gasteiger partial charge on any atom is -0.492 e. The Morgan fingerprint density at radius 3 is 2.62 bits per heavy atom. The lowest BCUT2D eigenvalue weighted by atomic mass is 9.55. The van der Waals surface area contributed by atoms with Crippen molar-refractivity contribution in [3.05, 3.63) is 63.7 Å². The normalized spacial score (nSPS) is 34.9. The van der Waals surface area contributed by atoms with Crippen molar-refractivity contribution in [2.75, 3.05) is 25.1 Å². The smallest absolute Gasteiger partial charge is 0.238 e. The topological polar surface area (TPSA) is 76.7 Å². The molecule has 2 amide bonds. The van der Waals surface area contributed by atoms with E-state index in [0.29, 0.717) is 42.7 Å². The van der Waals surface area contributed by atoms with E-state index in [0.717, 1.165) is 34.5 Å². The van der Waals surface area contributed by atoms with E-state index >= 15 is 0 Å². The summed E-state index contributed by atoms with van der Waals surface area (Å²) in [4.78, 5) is 28.4. The maximum atomic E-state index is 14.6. The third-order valence-corrected chi connectivity index (χ3v) is 11.4. The van der Waals surface area contributed by atoms with Gasteiger partial charge in [0.05, 0.1) is 31.3 Å². The fourth-order valence-corrected chi connectivity index (χ4v) is 9.22. The molecule has 0 aromatic heterocycles. The molecule has 2 N–H and O–H groups in total. The Balaban J connectivity index is 1.44. The zero-order valence-corrected chi connectivity index (χ0v) is 24.5. The lowest BCUT2D eigenvalue weighted by Crippen LogP contribution is -2.61. The zero-order valence-electron chi connectivity index (χ0n) is 23.0. The van der Waals surface area contributed by atoms with E-state index in [4.69, 9.17) is 32.7 Å². The number of halogens is 2. The number of ether oxygens (including phenoxy) is 2. The highest BCUT2D eigenvalue weighted by molar-refractivity contribution is 6.32. The van der Waals surface area contributed by atoms with Crippen LogP contribution >= 0.6 is 23.2 Å². The van der Waals surface area contributed by atoms with Crippen LogP contribution in [0.15, 0.2) is 47.5 Å². The van der Waals surface area contributed by atoms with Gasteiger partial charge < -0.3 is 20.1 Å². The quantitative estimate of drug-likeness (QED) is 0.516. The molecule has 3 fully saturated rings. The molecule has 2 aromatic rings. The number of allylic oxidation sites excluding steroid dienone is 2. The standard InChI is InChI=1S/C31H33BCl2N2O4/c1-3-29(14-39-15-29)16-40-23-8-4-17(32)10-20(23)26-31(21-7-5-18(33)11-22(21)35-27(31)38)30(13-25(37)36-26)24-9-6-19(34)12-28(24,30)2/h4-8,10-11,24,26H,3,9,12-16,32H2,1-2H3,(H,35,38)(H,36,37)/t24?,26-,28-,30?,31+/m1/s1. The maximum absolute atomic E-state index is 14.6. The predicted molar refractivity (Wildman–Crippen MR) is 158 cm³/mol. The molecule has 2 saturated heterocycles. The Morgan fingerprint density at radius 2 is 1.93 bits per heavy atom. The van der Waals surface area contributed by atoms with Gasteiger partial charge in [0.1, 0.15) is 19.0 Å². The van der Waals surface area contributed by atoms with Crippen molar-refractivity contribution in [3.63, 3.8) is 0 Å². The molecule has 0 radical (unpaired) electrons. The molecule has 2 unspecified atom stereocenters. The first-order valence-electron chi connectivity index (χ1n) is 14.2. The number of rotatable bonds is 5. The molecule has 3 heterocycles. The summed E-state index contributed by atoms with van der Waals surface area (Å²) in [6, 6.07) is 11.1. The summed E-state index contributed by atoms with van der Waals surface area (Å²) in [5.41, 5.74) is 1.41. The van der Waals surface area contributed by atoms with Crippen LogP contribution in [0.5, 0.6) is 5.75 Å². The van der Waals surface area contributed by atoms with Crippen molar-refractivity contribution < 1.29 is 19.1 Å². The minimum atomic E-state index is -1.07. The fraction of sp³-hybridized carbons (Fsp3) is 0.484. The van der Waals surface area contributed by atoms with Gasteiger partial charge in [0.15, 0.2) is 0 Å². The van der Waals surface area contributed by atoms with Gasteiger partial charge >= 0.3 is 0 Å². The molecule has 6 nitrogen and oxygen atoms in total. The van der Waals surface area contributed by atoms with Gasteiger partial charge in [-0.25, -0.2) is 0 Å². The third-order valence-electron chi connectivity index (χ3n) is 10.9. The molecule has 5 atom stereocenters. The van der Waals surface area contributed by atoms with E-state index < -0.39 is 16.9 Å². The van der Waals surface area contributed by atoms with Crippen molar-refractivity contribution >= 4 is 54.0 Å². The number of benzene rings is 2. The van der Waals surface area contributed by atoms with Crippen LogP contribution in [0.1, 0.15) is 56.7 Å². The summed E-state index contributed by atoms with van der Waals surface area (Å²) in [6.45, 7) is 6.21. The molecule has 9 heteroatoms. The summed E-state index contributed by atoms with van der Waals surface area (Å²) in [5, 5.41) is 7.84. The molecule has 208 valence electrons. The average molecular weight is 579 g/mol. The first-order valence-corrected chi connectivity index (χ1v) is 14.9. The Bertz CT molecular complexity index is 1490. The van der Waals surface area contributed by atoms with Gasteiger partial charge in [-0.3, -0.25) is 9.59 Å². The number of carbonyl (C=O) groups is 2. The molecular weight excluding hydrogens is 546 g/mol. The number of hydrogen-bond donors (Lipinski definition) is 2. The number of piperidine rings is 1. The van der Waals surface area contributed by atoms with Crippen LogP contribution in [-0.2, 0) is 19.7 Å². The summed E-state index contributed by atoms with van der Waals surface area (Å²) in [6.07, 6.45) is 4.67. The zero-order chi connectivity index (χ0) is 28.1. The first-order chi connectivity index (χ1) is 19.1. The second-order valence-electron chi connectivity index (χ2n) is 12.8. The van der Waals surface area contributed by atoms with Crippen molar-refractivity contribution in [2.45, 2.75) is 51.0 Å². The summed E-state index contributed by atoms with van der Waals surface area (Å²) in [7, 11) is 2.03. The highest BCUT2D eigenvalue weighted by Gasteiger charge is 2.86. The van der Waals surface area contributed by atoms with Gasteiger partial charge in [0.2, 0.25) is 11.8 Å². The molecule has 3 aliphatic heterocycles.